The fraction of sp³-hybridized carbons (Fsp3) is 0.350. The van der Waals surface area contributed by atoms with Gasteiger partial charge in [0.05, 0.1) is 23.0 Å². The molecule has 1 heterocycles. The van der Waals surface area contributed by atoms with E-state index >= 15 is 0 Å². The first-order valence-electron chi connectivity index (χ1n) is 9.11. The van der Waals surface area contributed by atoms with E-state index in [9.17, 15) is 26.4 Å². The van der Waals surface area contributed by atoms with Crippen LogP contribution in [-0.2, 0) is 21.0 Å². The van der Waals surface area contributed by atoms with Gasteiger partial charge in [-0.1, -0.05) is 35.9 Å². The van der Waals surface area contributed by atoms with E-state index < -0.39 is 39.1 Å². The molecule has 1 saturated heterocycles. The number of hydrogen-bond donors (Lipinski definition) is 1. The molecule has 1 atom stereocenters. The Morgan fingerprint density at radius 3 is 2.52 bits per heavy atom. The molecule has 1 N–H and O–H groups in total. The Hall–Kier alpha value is -2.39. The van der Waals surface area contributed by atoms with E-state index in [1.807, 2.05) is 31.2 Å². The Bertz CT molecular complexity index is 989. The lowest BCUT2D eigenvalue weighted by molar-refractivity contribution is -0.137. The monoisotopic (exact) mass is 426 g/mol. The molecule has 0 radical (unpaired) electrons. The van der Waals surface area contributed by atoms with Gasteiger partial charge in [-0.25, -0.2) is 13.1 Å². The summed E-state index contributed by atoms with van der Waals surface area (Å²) in [6, 6.07) is 11.1. The number of nitrogens with one attached hydrogen (secondary N) is 1. The molecule has 0 aromatic heterocycles. The number of carbonyl (C=O) groups excluding carboxylic acids is 1. The Morgan fingerprint density at radius 1 is 1.17 bits per heavy atom. The molecule has 5 nitrogen and oxygen atoms in total. The van der Waals surface area contributed by atoms with Gasteiger partial charge in [0.25, 0.3) is 0 Å². The van der Waals surface area contributed by atoms with Crippen LogP contribution in [0.1, 0.15) is 35.6 Å². The van der Waals surface area contributed by atoms with Crippen LogP contribution in [0.3, 0.4) is 0 Å². The molecule has 1 amide bonds. The molecule has 1 aliphatic heterocycles. The number of likely N-dealkylation sites (tertiary alicyclic amines) is 1. The minimum absolute atomic E-state index is 0.138. The van der Waals surface area contributed by atoms with Gasteiger partial charge in [0.15, 0.2) is 0 Å². The lowest BCUT2D eigenvalue weighted by Crippen LogP contribution is -2.39. The van der Waals surface area contributed by atoms with Gasteiger partial charge < -0.3 is 4.90 Å². The number of amides is 1. The van der Waals surface area contributed by atoms with Gasteiger partial charge in [0, 0.05) is 6.54 Å². The largest absolute Gasteiger partial charge is 0.416 e. The molecule has 0 spiro atoms. The fourth-order valence-electron chi connectivity index (χ4n) is 3.38. The second-order valence-electron chi connectivity index (χ2n) is 7.01. The summed E-state index contributed by atoms with van der Waals surface area (Å²) in [5.74, 6) is -0.413. The summed E-state index contributed by atoms with van der Waals surface area (Å²) in [6.45, 7) is 1.95. The summed E-state index contributed by atoms with van der Waals surface area (Å²) in [5.41, 5.74) is 1.01. The maximum Gasteiger partial charge on any atom is 0.416 e. The van der Waals surface area contributed by atoms with E-state index in [0.29, 0.717) is 12.6 Å². The standard InChI is InChI=1S/C20H21F3N2O3S/c1-14-7-9-15(10-8-14)18-6-3-11-25(18)19(26)13-24-29(27,28)17-5-2-4-16(12-17)20(21,22)23/h2,4-5,7-10,12,18,24H,3,6,11,13H2,1H3. The number of aryl methyl sites for hydroxylation is 1. The summed E-state index contributed by atoms with van der Waals surface area (Å²) < 4.78 is 65.3. The molecule has 1 fully saturated rings. The van der Waals surface area contributed by atoms with Gasteiger partial charge in [-0.2, -0.15) is 13.2 Å². The Labute approximate surface area is 167 Å². The average Bonchev–Trinajstić information content (AvgIpc) is 3.16. The van der Waals surface area contributed by atoms with E-state index in [1.165, 1.54) is 0 Å². The average molecular weight is 426 g/mol. The Morgan fingerprint density at radius 2 is 1.86 bits per heavy atom. The van der Waals surface area contributed by atoms with Crippen LogP contribution in [0.4, 0.5) is 13.2 Å². The van der Waals surface area contributed by atoms with Crippen molar-refractivity contribution in [1.82, 2.24) is 9.62 Å². The Kier molecular flexibility index (Phi) is 6.00. The van der Waals surface area contributed by atoms with Gasteiger partial charge in [0.1, 0.15) is 0 Å². The molecule has 9 heteroatoms. The second-order valence-corrected chi connectivity index (χ2v) is 8.77. The van der Waals surface area contributed by atoms with Crippen molar-refractivity contribution in [3.63, 3.8) is 0 Å². The van der Waals surface area contributed by atoms with E-state index in [1.54, 1.807) is 4.90 Å². The highest BCUT2D eigenvalue weighted by atomic mass is 32.2. The summed E-state index contributed by atoms with van der Waals surface area (Å²) in [6.07, 6.45) is -3.09. The minimum Gasteiger partial charge on any atom is -0.335 e. The summed E-state index contributed by atoms with van der Waals surface area (Å²) in [5, 5.41) is 0. The van der Waals surface area contributed by atoms with Crippen LogP contribution in [0.25, 0.3) is 0 Å². The van der Waals surface area contributed by atoms with Crippen molar-refractivity contribution in [2.75, 3.05) is 13.1 Å². The normalized spacial score (nSPS) is 17.5. The number of sulfonamides is 1. The van der Waals surface area contributed by atoms with Crippen LogP contribution in [0.15, 0.2) is 53.4 Å². The first-order valence-corrected chi connectivity index (χ1v) is 10.6. The number of halogens is 3. The minimum atomic E-state index is -4.65. The molecule has 0 saturated carbocycles. The number of alkyl halides is 3. The lowest BCUT2D eigenvalue weighted by Gasteiger charge is -2.25. The number of nitrogens with zero attached hydrogens (tertiary/aromatic N) is 1. The number of benzene rings is 2. The van der Waals surface area contributed by atoms with E-state index in [2.05, 4.69) is 4.72 Å². The predicted molar refractivity (Wildman–Crippen MR) is 101 cm³/mol. The SMILES string of the molecule is Cc1ccc(C2CCCN2C(=O)CNS(=O)(=O)c2cccc(C(F)(F)F)c2)cc1. The van der Waals surface area contributed by atoms with Crippen molar-refractivity contribution in [3.8, 4) is 0 Å². The zero-order valence-corrected chi connectivity index (χ0v) is 16.6. The van der Waals surface area contributed by atoms with Gasteiger partial charge in [-0.05, 0) is 43.5 Å². The summed E-state index contributed by atoms with van der Waals surface area (Å²) in [7, 11) is -4.25. The highest BCUT2D eigenvalue weighted by Crippen LogP contribution is 2.32. The zero-order chi connectivity index (χ0) is 21.2. The van der Waals surface area contributed by atoms with Crippen molar-refractivity contribution < 1.29 is 26.4 Å². The van der Waals surface area contributed by atoms with Crippen LogP contribution in [0.2, 0.25) is 0 Å². The van der Waals surface area contributed by atoms with E-state index in [4.69, 9.17) is 0 Å². The van der Waals surface area contributed by atoms with Crippen LogP contribution in [0.5, 0.6) is 0 Å². The first kappa shape index (κ1) is 21.3. The molecule has 0 bridgehead atoms. The highest BCUT2D eigenvalue weighted by Gasteiger charge is 2.33. The van der Waals surface area contributed by atoms with Gasteiger partial charge >= 0.3 is 6.18 Å². The van der Waals surface area contributed by atoms with Crippen LogP contribution >= 0.6 is 0 Å². The molecule has 2 aromatic carbocycles. The van der Waals surface area contributed by atoms with E-state index in [-0.39, 0.29) is 6.04 Å². The molecule has 0 aliphatic carbocycles. The summed E-state index contributed by atoms with van der Waals surface area (Å²) in [4.78, 5) is 13.7. The van der Waals surface area contributed by atoms with Crippen molar-refractivity contribution in [2.45, 2.75) is 36.9 Å². The van der Waals surface area contributed by atoms with Crippen molar-refractivity contribution >= 4 is 15.9 Å². The maximum atomic E-state index is 12.8. The zero-order valence-electron chi connectivity index (χ0n) is 15.7. The van der Waals surface area contributed by atoms with Crippen molar-refractivity contribution in [1.29, 1.82) is 0 Å². The topological polar surface area (TPSA) is 66.5 Å². The molecular weight excluding hydrogens is 405 g/mol. The first-order chi connectivity index (χ1) is 13.6. The maximum absolute atomic E-state index is 12.8. The second kappa shape index (κ2) is 8.16. The van der Waals surface area contributed by atoms with Gasteiger partial charge in [-0.15, -0.1) is 0 Å². The molecule has 1 unspecified atom stereocenters. The predicted octanol–water partition coefficient (Wildman–Crippen LogP) is 3.66. The molecular formula is C20H21F3N2O3S. The third kappa shape index (κ3) is 4.97. The summed E-state index contributed by atoms with van der Waals surface area (Å²) >= 11 is 0. The van der Waals surface area contributed by atoms with Gasteiger partial charge in [0.2, 0.25) is 15.9 Å². The van der Waals surface area contributed by atoms with Crippen molar-refractivity contribution in [3.05, 3.63) is 65.2 Å². The van der Waals surface area contributed by atoms with Crippen LogP contribution < -0.4 is 4.72 Å². The molecule has 1 aliphatic rings. The molecule has 3 rings (SSSR count). The molecule has 156 valence electrons. The number of rotatable bonds is 5. The number of hydrogen-bond acceptors (Lipinski definition) is 3. The van der Waals surface area contributed by atoms with Gasteiger partial charge in [-0.3, -0.25) is 4.79 Å². The lowest BCUT2D eigenvalue weighted by atomic mass is 10.0. The molecule has 2 aromatic rings. The smallest absolute Gasteiger partial charge is 0.335 e. The van der Waals surface area contributed by atoms with Crippen LogP contribution in [-0.4, -0.2) is 32.3 Å². The third-order valence-corrected chi connectivity index (χ3v) is 6.32. The number of carbonyl (C=O) groups is 1. The highest BCUT2D eigenvalue weighted by molar-refractivity contribution is 7.89. The molecule has 29 heavy (non-hydrogen) atoms. The fourth-order valence-corrected chi connectivity index (χ4v) is 4.40. The third-order valence-electron chi connectivity index (χ3n) is 4.92. The Balaban J connectivity index is 1.70. The van der Waals surface area contributed by atoms with E-state index in [0.717, 1.165) is 42.2 Å². The van der Waals surface area contributed by atoms with Crippen molar-refractivity contribution in [2.24, 2.45) is 0 Å². The van der Waals surface area contributed by atoms with Crippen LogP contribution in [0, 0.1) is 6.92 Å². The quantitative estimate of drug-likeness (QED) is 0.794.